The lowest BCUT2D eigenvalue weighted by Gasteiger charge is -2.25. The minimum absolute atomic E-state index is 0.0802. The van der Waals surface area contributed by atoms with Gasteiger partial charge in [-0.05, 0) is 49.1 Å². The lowest BCUT2D eigenvalue weighted by molar-refractivity contribution is -0.0177. The fraction of sp³-hybridized carbons (Fsp3) is 0.348. The normalized spacial score (nSPS) is 19.2. The first-order chi connectivity index (χ1) is 14.0. The summed E-state index contributed by atoms with van der Waals surface area (Å²) in [7, 11) is 0. The summed E-state index contributed by atoms with van der Waals surface area (Å²) >= 11 is 6.42. The van der Waals surface area contributed by atoms with Gasteiger partial charge >= 0.3 is 0 Å². The van der Waals surface area contributed by atoms with Crippen LogP contribution >= 0.6 is 11.6 Å². The van der Waals surface area contributed by atoms with Gasteiger partial charge < -0.3 is 9.84 Å². The number of hydrogen-bond acceptors (Lipinski definition) is 5. The number of rotatable bonds is 6. The number of ether oxygens (including phenoxy) is 1. The van der Waals surface area contributed by atoms with Crippen molar-refractivity contribution in [1.82, 2.24) is 4.98 Å². The van der Waals surface area contributed by atoms with E-state index in [-0.39, 0.29) is 18.1 Å². The van der Waals surface area contributed by atoms with Crippen LogP contribution in [0, 0.1) is 24.2 Å². The Morgan fingerprint density at radius 1 is 1.41 bits per heavy atom. The third kappa shape index (κ3) is 5.51. The van der Waals surface area contributed by atoms with E-state index < -0.39 is 6.10 Å². The average molecular weight is 411 g/mol. The Balaban J connectivity index is 1.72. The predicted octanol–water partition coefficient (Wildman–Crippen LogP) is 4.03. The van der Waals surface area contributed by atoms with Crippen LogP contribution in [-0.4, -0.2) is 35.2 Å². The van der Waals surface area contributed by atoms with Crippen molar-refractivity contribution in [2.75, 3.05) is 13.2 Å². The molecule has 1 N–H and O–H groups in total. The number of aromatic nitrogens is 1. The van der Waals surface area contributed by atoms with Crippen LogP contribution < -0.4 is 0 Å². The van der Waals surface area contributed by atoms with E-state index in [9.17, 15) is 9.90 Å². The number of nitrogens with zero attached hydrogens (tertiary/aromatic N) is 2. The fourth-order valence-corrected chi connectivity index (χ4v) is 3.46. The number of benzene rings is 1. The van der Waals surface area contributed by atoms with Crippen molar-refractivity contribution < 1.29 is 14.6 Å². The lowest BCUT2D eigenvalue weighted by atomic mass is 9.97. The highest BCUT2D eigenvalue weighted by atomic mass is 35.5. The number of hydrogen-bond donors (Lipinski definition) is 1. The number of aryl methyl sites for hydroxylation is 1. The molecule has 0 unspecified atom stereocenters. The largest absolute Gasteiger partial charge is 0.392 e. The van der Waals surface area contributed by atoms with E-state index in [2.05, 4.69) is 11.1 Å². The molecule has 150 valence electrons. The van der Waals surface area contributed by atoms with Gasteiger partial charge in [0, 0.05) is 18.9 Å². The molecule has 6 heteroatoms. The van der Waals surface area contributed by atoms with Crippen molar-refractivity contribution in [2.24, 2.45) is 5.92 Å². The average Bonchev–Trinajstić information content (AvgIpc) is 2.73. The number of aliphatic hydroxyl groups excluding tert-OH is 1. The summed E-state index contributed by atoms with van der Waals surface area (Å²) in [5.74, 6) is -0.184. The molecule has 1 aromatic carbocycles. The van der Waals surface area contributed by atoms with Crippen LogP contribution in [0.25, 0.3) is 0 Å². The number of carbonyl (C=O) groups excluding carboxylic acids is 1. The number of pyridine rings is 1. The van der Waals surface area contributed by atoms with Crippen molar-refractivity contribution in [3.63, 3.8) is 0 Å². The van der Waals surface area contributed by atoms with Gasteiger partial charge in [0.2, 0.25) is 0 Å². The van der Waals surface area contributed by atoms with Gasteiger partial charge in [-0.1, -0.05) is 35.9 Å². The van der Waals surface area contributed by atoms with Crippen molar-refractivity contribution in [3.05, 3.63) is 75.6 Å². The Bertz CT molecular complexity index is 948. The van der Waals surface area contributed by atoms with E-state index in [4.69, 9.17) is 21.6 Å². The zero-order valence-electron chi connectivity index (χ0n) is 16.3. The number of allylic oxidation sites excluding steroid dienone is 1. The van der Waals surface area contributed by atoms with E-state index in [0.29, 0.717) is 48.0 Å². The molecule has 3 rings (SSSR count). The van der Waals surface area contributed by atoms with Crippen molar-refractivity contribution in [1.29, 1.82) is 5.26 Å². The van der Waals surface area contributed by atoms with Gasteiger partial charge in [-0.15, -0.1) is 0 Å². The maximum atomic E-state index is 12.6. The molecule has 2 atom stereocenters. The summed E-state index contributed by atoms with van der Waals surface area (Å²) in [6, 6.07) is 11.1. The van der Waals surface area contributed by atoms with Crippen LogP contribution in [0.4, 0.5) is 0 Å². The van der Waals surface area contributed by atoms with Crippen LogP contribution in [0.15, 0.2) is 42.5 Å². The van der Waals surface area contributed by atoms with Crippen LogP contribution in [0.3, 0.4) is 0 Å². The molecule has 2 aromatic rings. The molecule has 0 radical (unpaired) electrons. The smallest absolute Gasteiger partial charge is 0.184 e. The van der Waals surface area contributed by atoms with Crippen LogP contribution in [-0.2, 0) is 11.2 Å². The summed E-state index contributed by atoms with van der Waals surface area (Å²) in [5, 5.41) is 19.4. The SMILES string of the molecule is Cc1nc(C(=O)C/C=C/[C@H]2COCC[C@@H]2O)cc(Cc2ccc(C#N)cc2)c1Cl. The van der Waals surface area contributed by atoms with Gasteiger partial charge in [0.05, 0.1) is 35.1 Å². The van der Waals surface area contributed by atoms with E-state index in [1.54, 1.807) is 31.2 Å². The molecule has 2 heterocycles. The van der Waals surface area contributed by atoms with Gasteiger partial charge in [0.15, 0.2) is 5.78 Å². The second-order valence-corrected chi connectivity index (χ2v) is 7.58. The first kappa shape index (κ1) is 21.2. The third-order valence-corrected chi connectivity index (χ3v) is 5.53. The molecule has 0 saturated carbocycles. The van der Waals surface area contributed by atoms with Crippen molar-refractivity contribution in [2.45, 2.75) is 32.3 Å². The Hall–Kier alpha value is -2.52. The Morgan fingerprint density at radius 2 is 2.17 bits per heavy atom. The minimum atomic E-state index is -0.426. The van der Waals surface area contributed by atoms with E-state index in [0.717, 1.165) is 11.1 Å². The molecule has 1 fully saturated rings. The molecule has 1 aromatic heterocycles. The second-order valence-electron chi connectivity index (χ2n) is 7.20. The third-order valence-electron chi connectivity index (χ3n) is 5.01. The van der Waals surface area contributed by atoms with E-state index in [1.165, 1.54) is 0 Å². The predicted molar refractivity (Wildman–Crippen MR) is 111 cm³/mol. The summed E-state index contributed by atoms with van der Waals surface area (Å²) in [4.78, 5) is 17.0. The monoisotopic (exact) mass is 410 g/mol. The minimum Gasteiger partial charge on any atom is -0.392 e. The fourth-order valence-electron chi connectivity index (χ4n) is 3.30. The molecular weight excluding hydrogens is 388 g/mol. The molecule has 1 saturated heterocycles. The second kappa shape index (κ2) is 9.80. The van der Waals surface area contributed by atoms with Crippen molar-refractivity contribution in [3.8, 4) is 6.07 Å². The van der Waals surface area contributed by atoms with E-state index in [1.807, 2.05) is 18.2 Å². The number of nitriles is 1. The zero-order chi connectivity index (χ0) is 20.8. The lowest BCUT2D eigenvalue weighted by Crippen LogP contribution is -2.30. The number of aliphatic hydroxyl groups is 1. The van der Waals surface area contributed by atoms with Gasteiger partial charge in [-0.3, -0.25) is 4.79 Å². The summed E-state index contributed by atoms with van der Waals surface area (Å²) in [5.41, 5.74) is 3.41. The number of halogens is 1. The summed E-state index contributed by atoms with van der Waals surface area (Å²) < 4.78 is 5.37. The van der Waals surface area contributed by atoms with Crippen molar-refractivity contribution >= 4 is 17.4 Å². The first-order valence-corrected chi connectivity index (χ1v) is 9.96. The highest BCUT2D eigenvalue weighted by Gasteiger charge is 2.21. The number of Topliss-reactive ketones (excluding diaryl/α,β-unsaturated/α-hetero) is 1. The van der Waals surface area contributed by atoms with Crippen LogP contribution in [0.1, 0.15) is 45.7 Å². The highest BCUT2D eigenvalue weighted by Crippen LogP contribution is 2.24. The van der Waals surface area contributed by atoms with E-state index >= 15 is 0 Å². The molecule has 0 aliphatic carbocycles. The Labute approximate surface area is 175 Å². The topological polar surface area (TPSA) is 83.2 Å². The van der Waals surface area contributed by atoms with Crippen LogP contribution in [0.2, 0.25) is 5.02 Å². The molecule has 1 aliphatic heterocycles. The zero-order valence-corrected chi connectivity index (χ0v) is 17.0. The maximum absolute atomic E-state index is 12.6. The number of carbonyl (C=O) groups is 1. The molecule has 29 heavy (non-hydrogen) atoms. The maximum Gasteiger partial charge on any atom is 0.184 e. The summed E-state index contributed by atoms with van der Waals surface area (Å²) in [6.45, 7) is 2.83. The standard InChI is InChI=1S/C23H23ClN2O3/c1-15-23(24)19(11-16-5-7-17(13-25)8-6-16)12-20(26-15)22(28)4-2-3-18-14-29-10-9-21(18)27/h2-3,5-8,12,18,21,27H,4,9-11,14H2,1H3/b3-2+/t18-,21-/m0/s1. The number of ketones is 1. The van der Waals surface area contributed by atoms with Gasteiger partial charge in [0.25, 0.3) is 0 Å². The Kier molecular flexibility index (Phi) is 7.16. The Morgan fingerprint density at radius 3 is 2.86 bits per heavy atom. The molecule has 1 aliphatic rings. The molecule has 0 spiro atoms. The molecule has 0 amide bonds. The van der Waals surface area contributed by atoms with Crippen LogP contribution in [0.5, 0.6) is 0 Å². The highest BCUT2D eigenvalue weighted by molar-refractivity contribution is 6.32. The first-order valence-electron chi connectivity index (χ1n) is 9.58. The van der Waals surface area contributed by atoms with Gasteiger partial charge in [-0.25, -0.2) is 4.98 Å². The quantitative estimate of drug-likeness (QED) is 0.574. The van der Waals surface area contributed by atoms with Gasteiger partial charge in [0.1, 0.15) is 5.69 Å². The molecule has 0 bridgehead atoms. The molecule has 5 nitrogen and oxygen atoms in total. The van der Waals surface area contributed by atoms with Gasteiger partial charge in [-0.2, -0.15) is 5.26 Å². The summed E-state index contributed by atoms with van der Waals surface area (Å²) in [6.07, 6.45) is 4.56. The molecular formula is C23H23ClN2O3.